The van der Waals surface area contributed by atoms with Gasteiger partial charge in [-0.05, 0) is 32.3 Å². The molecule has 27 heavy (non-hydrogen) atoms. The molecule has 0 unspecified atom stereocenters. The van der Waals surface area contributed by atoms with Gasteiger partial charge in [0.2, 0.25) is 5.91 Å². The average Bonchev–Trinajstić information content (AvgIpc) is 3.34. The van der Waals surface area contributed by atoms with Gasteiger partial charge >= 0.3 is 0 Å². The largest absolute Gasteiger partial charge is 0.366 e. The van der Waals surface area contributed by atoms with Crippen LogP contribution in [0.1, 0.15) is 48.7 Å². The second kappa shape index (κ2) is 8.56. The maximum atomic E-state index is 11.8. The highest BCUT2D eigenvalue weighted by Crippen LogP contribution is 2.29. The molecule has 7 nitrogen and oxygen atoms in total. The second-order valence-electron chi connectivity index (χ2n) is 6.85. The van der Waals surface area contributed by atoms with E-state index in [1.54, 1.807) is 11.3 Å². The Bertz CT molecular complexity index is 826. The number of nitrogens with zero attached hydrogens (tertiary/aromatic N) is 3. The minimum Gasteiger partial charge on any atom is -0.366 e. The summed E-state index contributed by atoms with van der Waals surface area (Å²) < 4.78 is 2.10. The predicted molar refractivity (Wildman–Crippen MR) is 108 cm³/mol. The molecule has 1 fully saturated rings. The first kappa shape index (κ1) is 19.4. The Morgan fingerprint density at radius 3 is 2.89 bits per heavy atom. The Morgan fingerprint density at radius 2 is 2.22 bits per heavy atom. The molecule has 0 aliphatic carbocycles. The molecule has 0 radical (unpaired) electrons. The van der Waals surface area contributed by atoms with Crippen molar-refractivity contribution in [2.75, 3.05) is 25.0 Å². The molecule has 0 bridgehead atoms. The number of rotatable bonds is 9. The summed E-state index contributed by atoms with van der Waals surface area (Å²) in [5, 5.41) is 6.17. The highest BCUT2D eigenvalue weighted by atomic mass is 32.1. The number of primary amides is 1. The van der Waals surface area contributed by atoms with Gasteiger partial charge in [-0.2, -0.15) is 0 Å². The average molecular weight is 390 g/mol. The Labute approximate surface area is 163 Å². The van der Waals surface area contributed by atoms with E-state index in [2.05, 4.69) is 21.8 Å². The van der Waals surface area contributed by atoms with Crippen LogP contribution in [-0.2, 0) is 11.3 Å². The van der Waals surface area contributed by atoms with E-state index in [1.807, 2.05) is 23.3 Å². The van der Waals surface area contributed by atoms with Crippen molar-refractivity contribution < 1.29 is 9.59 Å². The number of likely N-dealkylation sites (tertiary alicyclic amines) is 1. The Hall–Kier alpha value is -2.35. The zero-order valence-electron chi connectivity index (χ0n) is 16.0. The van der Waals surface area contributed by atoms with Gasteiger partial charge in [0.15, 0.2) is 5.13 Å². The number of carbonyl (C=O) groups excluding carboxylic acids is 2. The topological polar surface area (TPSA) is 93.2 Å². The predicted octanol–water partition coefficient (Wildman–Crippen LogP) is 2.85. The van der Waals surface area contributed by atoms with Crippen LogP contribution >= 0.6 is 11.3 Å². The van der Waals surface area contributed by atoms with Crippen LogP contribution < -0.4 is 11.1 Å². The molecular formula is C19H27N5O2S. The Kier molecular flexibility index (Phi) is 6.15. The maximum Gasteiger partial charge on any atom is 0.250 e. The molecule has 0 saturated carbocycles. The van der Waals surface area contributed by atoms with E-state index in [9.17, 15) is 9.59 Å². The van der Waals surface area contributed by atoms with E-state index in [0.29, 0.717) is 18.5 Å². The highest BCUT2D eigenvalue weighted by Gasteiger charge is 2.21. The van der Waals surface area contributed by atoms with Gasteiger partial charge in [0.25, 0.3) is 5.91 Å². The Morgan fingerprint density at radius 1 is 1.41 bits per heavy atom. The summed E-state index contributed by atoms with van der Waals surface area (Å²) in [4.78, 5) is 30.2. The summed E-state index contributed by atoms with van der Waals surface area (Å²) in [7, 11) is 0. The maximum absolute atomic E-state index is 11.8. The van der Waals surface area contributed by atoms with Crippen molar-refractivity contribution in [2.45, 2.75) is 46.1 Å². The van der Waals surface area contributed by atoms with E-state index >= 15 is 0 Å². The fraction of sp³-hybridized carbons (Fsp3) is 0.526. The van der Waals surface area contributed by atoms with Crippen molar-refractivity contribution in [1.82, 2.24) is 14.5 Å². The molecule has 2 aromatic heterocycles. The SMILES string of the molecule is CCCNc1nc(-c2cc(C(N)=O)c(C)n2CCCN2CCCC2=O)cs1. The van der Waals surface area contributed by atoms with Crippen LogP contribution in [0.5, 0.6) is 0 Å². The minimum absolute atomic E-state index is 0.239. The van der Waals surface area contributed by atoms with Gasteiger partial charge < -0.3 is 20.5 Å². The number of hydrogen-bond acceptors (Lipinski definition) is 5. The van der Waals surface area contributed by atoms with Crippen molar-refractivity contribution >= 4 is 28.3 Å². The summed E-state index contributed by atoms with van der Waals surface area (Å²) >= 11 is 1.56. The van der Waals surface area contributed by atoms with Crippen LogP contribution in [0.3, 0.4) is 0 Å². The highest BCUT2D eigenvalue weighted by molar-refractivity contribution is 7.14. The molecule has 0 spiro atoms. The van der Waals surface area contributed by atoms with Crippen molar-refractivity contribution in [3.8, 4) is 11.4 Å². The third-order valence-electron chi connectivity index (χ3n) is 4.91. The third kappa shape index (κ3) is 4.32. The summed E-state index contributed by atoms with van der Waals surface area (Å²) in [6.45, 7) is 7.20. The summed E-state index contributed by atoms with van der Waals surface area (Å²) in [5.74, 6) is -0.190. The normalized spacial score (nSPS) is 14.1. The second-order valence-corrected chi connectivity index (χ2v) is 7.71. The molecule has 3 rings (SSSR count). The molecule has 2 aromatic rings. The monoisotopic (exact) mass is 389 g/mol. The van der Waals surface area contributed by atoms with Gasteiger partial charge in [-0.3, -0.25) is 9.59 Å². The fourth-order valence-corrected chi connectivity index (χ4v) is 4.19. The lowest BCUT2D eigenvalue weighted by Gasteiger charge is -2.17. The molecule has 1 aliphatic heterocycles. The first-order chi connectivity index (χ1) is 13.0. The van der Waals surface area contributed by atoms with Crippen LogP contribution in [0.4, 0.5) is 5.13 Å². The number of amides is 2. The molecule has 3 N–H and O–H groups in total. The van der Waals surface area contributed by atoms with Gasteiger partial charge in [0.05, 0.1) is 17.0 Å². The van der Waals surface area contributed by atoms with E-state index in [0.717, 1.165) is 61.1 Å². The first-order valence-electron chi connectivity index (χ1n) is 9.48. The number of nitrogens with one attached hydrogen (secondary N) is 1. The van der Waals surface area contributed by atoms with Crippen LogP contribution in [0.25, 0.3) is 11.4 Å². The van der Waals surface area contributed by atoms with Crippen LogP contribution in [0.15, 0.2) is 11.4 Å². The molecule has 1 aliphatic rings. The molecule has 0 aromatic carbocycles. The van der Waals surface area contributed by atoms with Crippen LogP contribution in [0.2, 0.25) is 0 Å². The number of hydrogen-bond donors (Lipinski definition) is 2. The van der Waals surface area contributed by atoms with Gasteiger partial charge in [0.1, 0.15) is 0 Å². The van der Waals surface area contributed by atoms with Crippen molar-refractivity contribution in [2.24, 2.45) is 5.73 Å². The molecule has 0 atom stereocenters. The number of thiazole rings is 1. The molecule has 146 valence electrons. The van der Waals surface area contributed by atoms with Gasteiger partial charge in [0, 0.05) is 43.7 Å². The number of anilines is 1. The number of carbonyl (C=O) groups is 2. The van der Waals surface area contributed by atoms with E-state index < -0.39 is 5.91 Å². The van der Waals surface area contributed by atoms with Crippen molar-refractivity contribution in [3.63, 3.8) is 0 Å². The fourth-order valence-electron chi connectivity index (χ4n) is 3.46. The van der Waals surface area contributed by atoms with Gasteiger partial charge in [-0.1, -0.05) is 6.92 Å². The van der Waals surface area contributed by atoms with Gasteiger partial charge in [-0.25, -0.2) is 4.98 Å². The molecular weight excluding hydrogens is 362 g/mol. The lowest BCUT2D eigenvalue weighted by Crippen LogP contribution is -2.26. The van der Waals surface area contributed by atoms with E-state index in [4.69, 9.17) is 5.73 Å². The zero-order valence-corrected chi connectivity index (χ0v) is 16.8. The van der Waals surface area contributed by atoms with Crippen LogP contribution in [0, 0.1) is 6.92 Å². The van der Waals surface area contributed by atoms with Gasteiger partial charge in [-0.15, -0.1) is 11.3 Å². The van der Waals surface area contributed by atoms with Crippen molar-refractivity contribution in [3.05, 3.63) is 22.7 Å². The summed E-state index contributed by atoms with van der Waals surface area (Å²) in [6, 6.07) is 1.83. The number of aromatic nitrogens is 2. The smallest absolute Gasteiger partial charge is 0.250 e. The zero-order chi connectivity index (χ0) is 19.4. The van der Waals surface area contributed by atoms with E-state index in [-0.39, 0.29) is 5.91 Å². The Balaban J connectivity index is 1.79. The molecule has 8 heteroatoms. The van der Waals surface area contributed by atoms with E-state index in [1.165, 1.54) is 0 Å². The van der Waals surface area contributed by atoms with Crippen LogP contribution in [-0.4, -0.2) is 45.9 Å². The minimum atomic E-state index is -0.429. The molecule has 2 amide bonds. The molecule has 3 heterocycles. The standard InChI is InChI=1S/C19H27N5O2S/c1-3-7-21-19-22-15(12-27-19)16-11-14(18(20)26)13(2)24(16)10-5-9-23-8-4-6-17(23)25/h11-12H,3-10H2,1-2H3,(H2,20,26)(H,21,22). The molecule has 1 saturated heterocycles. The number of nitrogens with two attached hydrogens (primary N) is 1. The lowest BCUT2D eigenvalue weighted by molar-refractivity contribution is -0.127. The summed E-state index contributed by atoms with van der Waals surface area (Å²) in [6.07, 6.45) is 3.47. The third-order valence-corrected chi connectivity index (χ3v) is 5.71. The lowest BCUT2D eigenvalue weighted by atomic mass is 10.2. The quantitative estimate of drug-likeness (QED) is 0.690. The van der Waals surface area contributed by atoms with Crippen molar-refractivity contribution in [1.29, 1.82) is 0 Å². The first-order valence-corrected chi connectivity index (χ1v) is 10.4. The summed E-state index contributed by atoms with van der Waals surface area (Å²) in [5.41, 5.74) is 8.67.